The van der Waals surface area contributed by atoms with E-state index in [9.17, 15) is 9.59 Å². The molecule has 2 aromatic rings. The van der Waals surface area contributed by atoms with E-state index >= 15 is 0 Å². The predicted molar refractivity (Wildman–Crippen MR) is 89.2 cm³/mol. The van der Waals surface area contributed by atoms with Gasteiger partial charge in [0.15, 0.2) is 6.10 Å². The fourth-order valence-electron chi connectivity index (χ4n) is 2.19. The first-order chi connectivity index (χ1) is 11.0. The highest BCUT2D eigenvalue weighted by atomic mass is 35.5. The van der Waals surface area contributed by atoms with Crippen LogP contribution in [0, 0.1) is 0 Å². The fraction of sp³-hybridized carbons (Fsp3) is 0.125. The van der Waals surface area contributed by atoms with Gasteiger partial charge in [0.2, 0.25) is 5.91 Å². The van der Waals surface area contributed by atoms with Crippen LogP contribution in [0.25, 0.3) is 0 Å². The normalized spacial score (nSPS) is 16.1. The molecule has 0 fully saturated rings. The van der Waals surface area contributed by atoms with Gasteiger partial charge < -0.3 is 15.4 Å². The topological polar surface area (TPSA) is 67.4 Å². The van der Waals surface area contributed by atoms with Gasteiger partial charge in [0.05, 0.1) is 22.8 Å². The summed E-state index contributed by atoms with van der Waals surface area (Å²) in [5.41, 5.74) is 0.979. The standard InChI is InChI=1S/C16H12Cl2N2O3/c17-9-5-6-10(18)12(7-9)19-15(21)8-14-16(22)20-11-3-1-2-4-13(11)23-14/h1-7,14H,8H2,(H,19,21)(H,20,22)/t14-/m0/s1. The molecule has 118 valence electrons. The van der Waals surface area contributed by atoms with Gasteiger partial charge in [0.1, 0.15) is 5.75 Å². The molecule has 2 aromatic carbocycles. The Hall–Kier alpha value is -2.24. The largest absolute Gasteiger partial charge is 0.478 e. The van der Waals surface area contributed by atoms with E-state index in [0.717, 1.165) is 0 Å². The summed E-state index contributed by atoms with van der Waals surface area (Å²) < 4.78 is 5.57. The second-order valence-corrected chi connectivity index (χ2v) is 5.81. The molecule has 0 radical (unpaired) electrons. The van der Waals surface area contributed by atoms with E-state index in [1.807, 2.05) is 0 Å². The number of rotatable bonds is 3. The number of carbonyl (C=O) groups is 2. The lowest BCUT2D eigenvalue weighted by molar-refractivity contribution is -0.128. The molecule has 5 nitrogen and oxygen atoms in total. The molecule has 0 spiro atoms. The number of amides is 2. The maximum atomic E-state index is 12.1. The minimum absolute atomic E-state index is 0.136. The van der Waals surface area contributed by atoms with Crippen molar-refractivity contribution in [3.63, 3.8) is 0 Å². The highest BCUT2D eigenvalue weighted by Crippen LogP contribution is 2.30. The average molecular weight is 351 g/mol. The Balaban J connectivity index is 1.69. The summed E-state index contributed by atoms with van der Waals surface area (Å²) in [7, 11) is 0. The Bertz CT molecular complexity index is 780. The summed E-state index contributed by atoms with van der Waals surface area (Å²) in [6, 6.07) is 11.8. The molecule has 0 saturated heterocycles. The van der Waals surface area contributed by atoms with E-state index in [1.54, 1.807) is 42.5 Å². The Morgan fingerprint density at radius 1 is 1.22 bits per heavy atom. The van der Waals surface area contributed by atoms with Crippen LogP contribution in [-0.4, -0.2) is 17.9 Å². The minimum atomic E-state index is -0.900. The molecule has 1 aliphatic rings. The van der Waals surface area contributed by atoms with Crippen molar-refractivity contribution < 1.29 is 14.3 Å². The Morgan fingerprint density at radius 2 is 2.00 bits per heavy atom. The van der Waals surface area contributed by atoms with Crippen LogP contribution in [0.2, 0.25) is 10.0 Å². The number of halogens is 2. The molecule has 7 heteroatoms. The summed E-state index contributed by atoms with van der Waals surface area (Å²) >= 11 is 11.9. The average Bonchev–Trinajstić information content (AvgIpc) is 2.51. The quantitative estimate of drug-likeness (QED) is 0.886. The van der Waals surface area contributed by atoms with Gasteiger partial charge in [-0.1, -0.05) is 35.3 Å². The van der Waals surface area contributed by atoms with Gasteiger partial charge in [0.25, 0.3) is 5.91 Å². The number of carbonyl (C=O) groups excluding carboxylic acids is 2. The van der Waals surface area contributed by atoms with E-state index in [2.05, 4.69) is 10.6 Å². The Kier molecular flexibility index (Phi) is 4.41. The number of fused-ring (bicyclic) bond motifs is 1. The highest BCUT2D eigenvalue weighted by molar-refractivity contribution is 6.35. The van der Waals surface area contributed by atoms with Crippen LogP contribution in [0.5, 0.6) is 5.75 Å². The second kappa shape index (κ2) is 6.48. The number of para-hydroxylation sites is 2. The van der Waals surface area contributed by atoms with Crippen molar-refractivity contribution in [2.75, 3.05) is 10.6 Å². The molecule has 1 heterocycles. The fourth-order valence-corrected chi connectivity index (χ4v) is 2.53. The molecule has 0 unspecified atom stereocenters. The molecule has 1 atom stereocenters. The van der Waals surface area contributed by atoms with Gasteiger partial charge in [-0.3, -0.25) is 9.59 Å². The van der Waals surface area contributed by atoms with E-state index in [-0.39, 0.29) is 12.3 Å². The summed E-state index contributed by atoms with van der Waals surface area (Å²) in [5.74, 6) is -0.226. The van der Waals surface area contributed by atoms with Gasteiger partial charge in [-0.15, -0.1) is 0 Å². The lowest BCUT2D eigenvalue weighted by Gasteiger charge is -2.25. The van der Waals surface area contributed by atoms with Crippen LogP contribution in [0.1, 0.15) is 6.42 Å². The van der Waals surface area contributed by atoms with Gasteiger partial charge in [-0.25, -0.2) is 0 Å². The van der Waals surface area contributed by atoms with Crippen molar-refractivity contribution in [1.29, 1.82) is 0 Å². The van der Waals surface area contributed by atoms with Gasteiger partial charge in [-0.2, -0.15) is 0 Å². The lowest BCUT2D eigenvalue weighted by Crippen LogP contribution is -2.39. The van der Waals surface area contributed by atoms with E-state index in [4.69, 9.17) is 27.9 Å². The van der Waals surface area contributed by atoms with Gasteiger partial charge >= 0.3 is 0 Å². The van der Waals surface area contributed by atoms with Crippen molar-refractivity contribution in [1.82, 2.24) is 0 Å². The molecule has 0 aliphatic carbocycles. The molecule has 1 aliphatic heterocycles. The molecular formula is C16H12Cl2N2O3. The van der Waals surface area contributed by atoms with Crippen LogP contribution in [0.4, 0.5) is 11.4 Å². The van der Waals surface area contributed by atoms with E-state index in [1.165, 1.54) is 0 Å². The third kappa shape index (κ3) is 3.57. The monoisotopic (exact) mass is 350 g/mol. The number of hydrogen-bond acceptors (Lipinski definition) is 3. The second-order valence-electron chi connectivity index (χ2n) is 4.97. The number of nitrogens with one attached hydrogen (secondary N) is 2. The number of benzene rings is 2. The van der Waals surface area contributed by atoms with Gasteiger partial charge in [0, 0.05) is 5.02 Å². The molecule has 3 rings (SSSR count). The third-order valence-electron chi connectivity index (χ3n) is 3.28. The zero-order valence-electron chi connectivity index (χ0n) is 11.8. The maximum absolute atomic E-state index is 12.1. The molecule has 0 bridgehead atoms. The van der Waals surface area contributed by atoms with Crippen LogP contribution < -0.4 is 15.4 Å². The summed E-state index contributed by atoms with van der Waals surface area (Å²) in [5, 5.41) is 6.15. The van der Waals surface area contributed by atoms with E-state index in [0.29, 0.717) is 27.2 Å². The molecule has 23 heavy (non-hydrogen) atoms. The lowest BCUT2D eigenvalue weighted by atomic mass is 10.1. The van der Waals surface area contributed by atoms with Crippen LogP contribution in [0.3, 0.4) is 0 Å². The predicted octanol–water partition coefficient (Wildman–Crippen LogP) is 3.72. The first kappa shape index (κ1) is 15.6. The zero-order valence-corrected chi connectivity index (χ0v) is 13.3. The summed E-state index contributed by atoms with van der Waals surface area (Å²) in [4.78, 5) is 24.1. The molecule has 2 N–H and O–H groups in total. The minimum Gasteiger partial charge on any atom is -0.478 e. The third-order valence-corrected chi connectivity index (χ3v) is 3.84. The Morgan fingerprint density at radius 3 is 2.83 bits per heavy atom. The summed E-state index contributed by atoms with van der Waals surface area (Å²) in [6.07, 6.45) is -1.04. The van der Waals surface area contributed by atoms with Crippen LogP contribution in [-0.2, 0) is 9.59 Å². The number of anilines is 2. The maximum Gasteiger partial charge on any atom is 0.266 e. The number of hydrogen-bond donors (Lipinski definition) is 2. The van der Waals surface area contributed by atoms with Crippen molar-refractivity contribution in [2.45, 2.75) is 12.5 Å². The molecule has 0 aromatic heterocycles. The van der Waals surface area contributed by atoms with Crippen LogP contribution >= 0.6 is 23.2 Å². The molecule has 0 saturated carbocycles. The van der Waals surface area contributed by atoms with Crippen molar-refractivity contribution >= 4 is 46.4 Å². The van der Waals surface area contributed by atoms with Crippen LogP contribution in [0.15, 0.2) is 42.5 Å². The number of ether oxygens (including phenoxy) is 1. The summed E-state index contributed by atoms with van der Waals surface area (Å²) in [6.45, 7) is 0. The first-order valence-corrected chi connectivity index (χ1v) is 7.60. The zero-order chi connectivity index (χ0) is 16.4. The molecule has 2 amide bonds. The Labute approximate surface area is 142 Å². The first-order valence-electron chi connectivity index (χ1n) is 6.84. The molecular weight excluding hydrogens is 339 g/mol. The van der Waals surface area contributed by atoms with Crippen molar-refractivity contribution in [3.8, 4) is 5.75 Å². The highest BCUT2D eigenvalue weighted by Gasteiger charge is 2.29. The van der Waals surface area contributed by atoms with Crippen molar-refractivity contribution in [2.24, 2.45) is 0 Å². The SMILES string of the molecule is O=C(C[C@@H]1Oc2ccccc2NC1=O)Nc1cc(Cl)ccc1Cl. The van der Waals surface area contributed by atoms with E-state index < -0.39 is 12.0 Å². The van der Waals surface area contributed by atoms with Crippen molar-refractivity contribution in [3.05, 3.63) is 52.5 Å². The smallest absolute Gasteiger partial charge is 0.266 e. The van der Waals surface area contributed by atoms with Gasteiger partial charge in [-0.05, 0) is 30.3 Å².